The zero-order valence-electron chi connectivity index (χ0n) is 5.60. The van der Waals surface area contributed by atoms with E-state index in [1.54, 1.807) is 0 Å². The second-order valence-electron chi connectivity index (χ2n) is 2.03. The van der Waals surface area contributed by atoms with Crippen molar-refractivity contribution in [2.24, 2.45) is 5.90 Å². The first-order chi connectivity index (χ1) is 4.74. The largest absolute Gasteiger partial charge is 0.411 e. The van der Waals surface area contributed by atoms with Gasteiger partial charge in [-0.3, -0.25) is 0 Å². The lowest BCUT2D eigenvalue weighted by Gasteiger charge is -2.00. The van der Waals surface area contributed by atoms with Crippen LogP contribution >= 0.6 is 15.9 Å². The molecule has 3 heteroatoms. The van der Waals surface area contributed by atoms with E-state index in [2.05, 4.69) is 20.8 Å². The molecule has 0 unspecified atom stereocenters. The highest BCUT2D eigenvalue weighted by Crippen LogP contribution is 2.21. The number of nitrogens with two attached hydrogens (primary N) is 1. The highest BCUT2D eigenvalue weighted by molar-refractivity contribution is 9.10. The van der Waals surface area contributed by atoms with Crippen LogP contribution in [0.3, 0.4) is 0 Å². The Balaban J connectivity index is 3.04. The van der Waals surface area contributed by atoms with Crippen molar-refractivity contribution in [1.29, 1.82) is 0 Å². The molecule has 0 heterocycles. The van der Waals surface area contributed by atoms with Gasteiger partial charge in [-0.2, -0.15) is 5.90 Å². The van der Waals surface area contributed by atoms with Gasteiger partial charge in [-0.25, -0.2) is 0 Å². The maximum absolute atomic E-state index is 4.95. The normalized spacial score (nSPS) is 9.50. The van der Waals surface area contributed by atoms with Crippen LogP contribution in [0.5, 0.6) is 5.75 Å². The smallest absolute Gasteiger partial charge is 0.147 e. The number of rotatable bonds is 1. The average Bonchev–Trinajstić information content (AvgIpc) is 1.95. The predicted molar refractivity (Wildman–Crippen MR) is 43.7 cm³/mol. The molecule has 54 valence electrons. The molecule has 0 bridgehead atoms. The minimum atomic E-state index is 0.664. The molecule has 0 amide bonds. The summed E-state index contributed by atoms with van der Waals surface area (Å²) in [5, 5.41) is 0. The molecule has 1 aromatic carbocycles. The molecule has 2 N–H and O–H groups in total. The van der Waals surface area contributed by atoms with Crippen LogP contribution in [0.25, 0.3) is 0 Å². The molecular weight excluding hydrogens is 194 g/mol. The Hall–Kier alpha value is -0.540. The first-order valence-corrected chi connectivity index (χ1v) is 3.66. The minimum Gasteiger partial charge on any atom is -0.411 e. The highest BCUT2D eigenvalue weighted by Gasteiger charge is 1.95. The van der Waals surface area contributed by atoms with Gasteiger partial charge in [0, 0.05) is 4.47 Å². The van der Waals surface area contributed by atoms with Crippen molar-refractivity contribution in [1.82, 2.24) is 0 Å². The van der Waals surface area contributed by atoms with Crippen molar-refractivity contribution in [2.45, 2.75) is 6.92 Å². The van der Waals surface area contributed by atoms with Gasteiger partial charge in [0.2, 0.25) is 0 Å². The van der Waals surface area contributed by atoms with Gasteiger partial charge in [-0.05, 0) is 24.6 Å². The van der Waals surface area contributed by atoms with Crippen LogP contribution in [0.4, 0.5) is 0 Å². The minimum absolute atomic E-state index is 0.664. The Bertz CT molecular complexity index is 237. The molecule has 10 heavy (non-hydrogen) atoms. The fraction of sp³-hybridized carbons (Fsp3) is 0.143. The molecule has 0 fully saturated rings. The van der Waals surface area contributed by atoms with Gasteiger partial charge in [-0.1, -0.05) is 22.0 Å². The number of halogens is 1. The van der Waals surface area contributed by atoms with Crippen molar-refractivity contribution in [3.8, 4) is 5.75 Å². The summed E-state index contributed by atoms with van der Waals surface area (Å²) in [6.45, 7) is 2.00. The van der Waals surface area contributed by atoms with E-state index in [1.165, 1.54) is 5.56 Å². The summed E-state index contributed by atoms with van der Waals surface area (Å²) in [5.41, 5.74) is 1.17. The van der Waals surface area contributed by atoms with E-state index in [1.807, 2.05) is 25.1 Å². The van der Waals surface area contributed by atoms with Gasteiger partial charge in [0.25, 0.3) is 0 Å². The van der Waals surface area contributed by atoms with Crippen LogP contribution in [0.1, 0.15) is 5.56 Å². The highest BCUT2D eigenvalue weighted by atomic mass is 79.9. The molecule has 0 aromatic heterocycles. The molecule has 2 nitrogen and oxygen atoms in total. The number of benzene rings is 1. The summed E-state index contributed by atoms with van der Waals surface area (Å²) in [5.74, 6) is 5.61. The van der Waals surface area contributed by atoms with Crippen molar-refractivity contribution in [3.63, 3.8) is 0 Å². The van der Waals surface area contributed by atoms with Crippen molar-refractivity contribution >= 4 is 15.9 Å². The molecule has 0 radical (unpaired) electrons. The molecule has 1 aromatic rings. The summed E-state index contributed by atoms with van der Waals surface area (Å²) in [6, 6.07) is 5.59. The number of hydrogen-bond donors (Lipinski definition) is 1. The van der Waals surface area contributed by atoms with E-state index in [-0.39, 0.29) is 0 Å². The second kappa shape index (κ2) is 3.03. The Labute approximate surface area is 68.1 Å². The van der Waals surface area contributed by atoms with E-state index in [0.717, 1.165) is 4.47 Å². The van der Waals surface area contributed by atoms with Crippen LogP contribution in [0.15, 0.2) is 22.7 Å². The maximum Gasteiger partial charge on any atom is 0.147 e. The molecule has 0 aliphatic heterocycles. The summed E-state index contributed by atoms with van der Waals surface area (Å²) in [4.78, 5) is 4.52. The lowest BCUT2D eigenvalue weighted by atomic mass is 10.2. The zero-order chi connectivity index (χ0) is 7.56. The Morgan fingerprint density at radius 3 is 2.70 bits per heavy atom. The standard InChI is InChI=1S/C7H8BrNO/c1-5-2-3-6(10-9)4-7(5)8/h2-4H,9H2,1H3. The van der Waals surface area contributed by atoms with E-state index in [9.17, 15) is 0 Å². The fourth-order valence-electron chi connectivity index (χ4n) is 0.647. The van der Waals surface area contributed by atoms with Crippen LogP contribution in [-0.2, 0) is 0 Å². The lowest BCUT2D eigenvalue weighted by Crippen LogP contribution is -2.01. The van der Waals surface area contributed by atoms with Gasteiger partial charge < -0.3 is 4.84 Å². The van der Waals surface area contributed by atoms with E-state index < -0.39 is 0 Å². The van der Waals surface area contributed by atoms with Gasteiger partial charge in [0.05, 0.1) is 0 Å². The maximum atomic E-state index is 4.95. The summed E-state index contributed by atoms with van der Waals surface area (Å²) >= 11 is 3.35. The third kappa shape index (κ3) is 1.49. The van der Waals surface area contributed by atoms with Crippen LogP contribution in [0, 0.1) is 6.92 Å². The molecule has 0 aliphatic rings. The number of hydrogen-bond acceptors (Lipinski definition) is 2. The van der Waals surface area contributed by atoms with E-state index in [0.29, 0.717) is 5.75 Å². The first kappa shape index (κ1) is 7.57. The quantitative estimate of drug-likeness (QED) is 0.707. The molecule has 1 rings (SSSR count). The van der Waals surface area contributed by atoms with Gasteiger partial charge in [0.1, 0.15) is 5.75 Å². The van der Waals surface area contributed by atoms with Crippen molar-refractivity contribution in [2.75, 3.05) is 0 Å². The fourth-order valence-corrected chi connectivity index (χ4v) is 1.00. The lowest BCUT2D eigenvalue weighted by molar-refractivity contribution is 0.334. The molecular formula is C7H8BrNO. The third-order valence-electron chi connectivity index (χ3n) is 1.28. The van der Waals surface area contributed by atoms with Gasteiger partial charge in [-0.15, -0.1) is 0 Å². The molecule has 0 atom stereocenters. The second-order valence-corrected chi connectivity index (χ2v) is 2.88. The van der Waals surface area contributed by atoms with Crippen LogP contribution in [-0.4, -0.2) is 0 Å². The Morgan fingerprint density at radius 2 is 2.20 bits per heavy atom. The molecule has 0 saturated carbocycles. The Morgan fingerprint density at radius 1 is 1.50 bits per heavy atom. The van der Waals surface area contributed by atoms with Gasteiger partial charge >= 0.3 is 0 Å². The van der Waals surface area contributed by atoms with Crippen LogP contribution in [0.2, 0.25) is 0 Å². The van der Waals surface area contributed by atoms with Crippen molar-refractivity contribution < 1.29 is 4.84 Å². The SMILES string of the molecule is Cc1ccc(ON)cc1Br. The molecule has 0 spiro atoms. The Kier molecular flexibility index (Phi) is 2.29. The summed E-state index contributed by atoms with van der Waals surface area (Å²) < 4.78 is 1.01. The topological polar surface area (TPSA) is 35.2 Å². The first-order valence-electron chi connectivity index (χ1n) is 2.87. The molecule has 0 aliphatic carbocycles. The van der Waals surface area contributed by atoms with Crippen LogP contribution < -0.4 is 10.7 Å². The summed E-state index contributed by atoms with van der Waals surface area (Å²) in [7, 11) is 0. The van der Waals surface area contributed by atoms with Gasteiger partial charge in [0.15, 0.2) is 0 Å². The zero-order valence-corrected chi connectivity index (χ0v) is 7.18. The van der Waals surface area contributed by atoms with Crippen molar-refractivity contribution in [3.05, 3.63) is 28.2 Å². The third-order valence-corrected chi connectivity index (χ3v) is 2.13. The number of aryl methyl sites for hydroxylation is 1. The van der Waals surface area contributed by atoms with E-state index >= 15 is 0 Å². The predicted octanol–water partition coefficient (Wildman–Crippen LogP) is 2.01. The average molecular weight is 202 g/mol. The summed E-state index contributed by atoms with van der Waals surface area (Å²) in [6.07, 6.45) is 0. The van der Waals surface area contributed by atoms with E-state index in [4.69, 9.17) is 5.90 Å². The molecule has 0 saturated heterocycles. The monoisotopic (exact) mass is 201 g/mol.